The molecule has 0 bridgehead atoms. The number of aliphatic carboxylic acids is 1. The largest absolute Gasteiger partial charge is 0.494 e. The van der Waals surface area contributed by atoms with Crippen LogP contribution in [-0.2, 0) is 4.79 Å². The maximum atomic E-state index is 11.7. The van der Waals surface area contributed by atoms with Crippen LogP contribution in [0.2, 0.25) is 0 Å². The first kappa shape index (κ1) is 17.6. The minimum absolute atomic E-state index is 0.198. The van der Waals surface area contributed by atoms with Gasteiger partial charge >= 0.3 is 5.97 Å². The number of para-hydroxylation sites is 1. The Kier molecular flexibility index (Phi) is 6.43. The molecule has 126 valence electrons. The fourth-order valence-electron chi connectivity index (χ4n) is 2.29. The van der Waals surface area contributed by atoms with Gasteiger partial charge in [0.05, 0.1) is 18.8 Å². The van der Waals surface area contributed by atoms with Crippen LogP contribution >= 0.6 is 0 Å². The summed E-state index contributed by atoms with van der Waals surface area (Å²) in [6.45, 7) is 5.04. The first-order chi connectivity index (χ1) is 11.7. The summed E-state index contributed by atoms with van der Waals surface area (Å²) in [5.74, 6) is 0.339. The zero-order valence-corrected chi connectivity index (χ0v) is 14.0. The average Bonchev–Trinajstić information content (AvgIpc) is 2.59. The first-order valence-electron chi connectivity index (χ1n) is 8.05. The molecule has 0 saturated heterocycles. The van der Waals surface area contributed by atoms with Crippen molar-refractivity contribution >= 4 is 17.6 Å². The molecule has 2 aromatic carbocycles. The van der Waals surface area contributed by atoms with Crippen molar-refractivity contribution in [1.29, 1.82) is 0 Å². The standard InChI is InChI=1S/C20H22O4/c1-3-12-24-19-11-6-5-8-16(19)14-18(20(21)22)15-9-7-10-17(13-15)23-4-2/h5-11,13-14H,3-4,12H2,1-2H3,(H,21,22)/b18-14-. The van der Waals surface area contributed by atoms with E-state index in [0.29, 0.717) is 30.3 Å². The maximum Gasteiger partial charge on any atom is 0.336 e. The number of hydrogen-bond acceptors (Lipinski definition) is 3. The molecule has 0 aromatic heterocycles. The van der Waals surface area contributed by atoms with Crippen LogP contribution in [0.15, 0.2) is 48.5 Å². The highest BCUT2D eigenvalue weighted by molar-refractivity contribution is 6.20. The van der Waals surface area contributed by atoms with Gasteiger partial charge in [-0.05, 0) is 43.2 Å². The van der Waals surface area contributed by atoms with Crippen LogP contribution in [0.1, 0.15) is 31.4 Å². The molecule has 0 radical (unpaired) electrons. The summed E-state index contributed by atoms with van der Waals surface area (Å²) in [5, 5.41) is 9.63. The summed E-state index contributed by atoms with van der Waals surface area (Å²) >= 11 is 0. The third-order valence-corrected chi connectivity index (χ3v) is 3.37. The highest BCUT2D eigenvalue weighted by Gasteiger charge is 2.13. The topological polar surface area (TPSA) is 55.8 Å². The van der Waals surface area contributed by atoms with Gasteiger partial charge in [-0.25, -0.2) is 4.79 Å². The smallest absolute Gasteiger partial charge is 0.336 e. The zero-order valence-electron chi connectivity index (χ0n) is 14.0. The predicted octanol–water partition coefficient (Wildman–Crippen LogP) is 4.50. The van der Waals surface area contributed by atoms with Crippen LogP contribution in [0.5, 0.6) is 11.5 Å². The Morgan fingerprint density at radius 2 is 1.88 bits per heavy atom. The summed E-state index contributed by atoms with van der Waals surface area (Å²) < 4.78 is 11.2. The molecule has 2 aromatic rings. The molecular weight excluding hydrogens is 304 g/mol. The molecule has 0 atom stereocenters. The molecule has 0 aliphatic rings. The number of carboxylic acids is 1. The van der Waals surface area contributed by atoms with Gasteiger partial charge in [0.1, 0.15) is 11.5 Å². The van der Waals surface area contributed by atoms with Gasteiger partial charge < -0.3 is 14.6 Å². The molecule has 24 heavy (non-hydrogen) atoms. The molecule has 0 amide bonds. The Labute approximate surface area is 142 Å². The molecule has 0 fully saturated rings. The van der Waals surface area contributed by atoms with E-state index in [2.05, 4.69) is 0 Å². The van der Waals surface area contributed by atoms with Crippen LogP contribution in [0.25, 0.3) is 11.6 Å². The predicted molar refractivity (Wildman–Crippen MR) is 95.3 cm³/mol. The molecule has 0 heterocycles. The van der Waals surface area contributed by atoms with Crippen molar-refractivity contribution < 1.29 is 19.4 Å². The Morgan fingerprint density at radius 1 is 1.08 bits per heavy atom. The molecule has 0 aliphatic heterocycles. The van der Waals surface area contributed by atoms with Gasteiger partial charge in [-0.2, -0.15) is 0 Å². The van der Waals surface area contributed by atoms with E-state index in [1.165, 1.54) is 0 Å². The minimum atomic E-state index is -0.992. The van der Waals surface area contributed by atoms with Crippen LogP contribution in [-0.4, -0.2) is 24.3 Å². The number of benzene rings is 2. The molecule has 0 aliphatic carbocycles. The number of hydrogen-bond donors (Lipinski definition) is 1. The fourth-order valence-corrected chi connectivity index (χ4v) is 2.29. The number of carboxylic acid groups (broad SMARTS) is 1. The van der Waals surface area contributed by atoms with Crippen molar-refractivity contribution in [3.8, 4) is 11.5 Å². The zero-order chi connectivity index (χ0) is 17.4. The van der Waals surface area contributed by atoms with Crippen molar-refractivity contribution in [2.75, 3.05) is 13.2 Å². The molecule has 4 nitrogen and oxygen atoms in total. The van der Waals surface area contributed by atoms with Crippen LogP contribution < -0.4 is 9.47 Å². The van der Waals surface area contributed by atoms with Gasteiger partial charge in [-0.3, -0.25) is 0 Å². The van der Waals surface area contributed by atoms with Crippen LogP contribution in [0, 0.1) is 0 Å². The van der Waals surface area contributed by atoms with Crippen molar-refractivity contribution in [2.45, 2.75) is 20.3 Å². The van der Waals surface area contributed by atoms with E-state index in [0.717, 1.165) is 12.0 Å². The summed E-state index contributed by atoms with van der Waals surface area (Å²) in [7, 11) is 0. The molecule has 4 heteroatoms. The average molecular weight is 326 g/mol. The molecular formula is C20H22O4. The summed E-state index contributed by atoms with van der Waals surface area (Å²) in [4.78, 5) is 11.7. The lowest BCUT2D eigenvalue weighted by molar-refractivity contribution is -0.130. The van der Waals surface area contributed by atoms with E-state index in [-0.39, 0.29) is 5.57 Å². The summed E-state index contributed by atoms with van der Waals surface area (Å²) in [6.07, 6.45) is 2.53. The second-order valence-corrected chi connectivity index (χ2v) is 5.21. The molecule has 1 N–H and O–H groups in total. The van der Waals surface area contributed by atoms with Crippen molar-refractivity contribution in [3.05, 3.63) is 59.7 Å². The van der Waals surface area contributed by atoms with Gasteiger partial charge in [0, 0.05) is 5.56 Å². The van der Waals surface area contributed by atoms with Gasteiger partial charge in [0.25, 0.3) is 0 Å². The van der Waals surface area contributed by atoms with Gasteiger partial charge in [0.15, 0.2) is 0 Å². The normalized spacial score (nSPS) is 11.2. The Balaban J connectivity index is 2.43. The number of ether oxygens (including phenoxy) is 2. The van der Waals surface area contributed by atoms with Crippen LogP contribution in [0.4, 0.5) is 0 Å². The molecule has 2 rings (SSSR count). The third kappa shape index (κ3) is 4.62. The summed E-state index contributed by atoms with van der Waals surface area (Å²) in [5.41, 5.74) is 1.54. The first-order valence-corrected chi connectivity index (χ1v) is 8.05. The van der Waals surface area contributed by atoms with E-state index in [1.54, 1.807) is 24.3 Å². The number of carbonyl (C=O) groups is 1. The Bertz CT molecular complexity index is 719. The Morgan fingerprint density at radius 3 is 2.58 bits per heavy atom. The second-order valence-electron chi connectivity index (χ2n) is 5.21. The lowest BCUT2D eigenvalue weighted by Gasteiger charge is -2.10. The highest BCUT2D eigenvalue weighted by atomic mass is 16.5. The number of rotatable bonds is 8. The van der Waals surface area contributed by atoms with Crippen molar-refractivity contribution in [1.82, 2.24) is 0 Å². The quantitative estimate of drug-likeness (QED) is 0.573. The van der Waals surface area contributed by atoms with Gasteiger partial charge in [-0.15, -0.1) is 0 Å². The minimum Gasteiger partial charge on any atom is -0.494 e. The molecule has 0 saturated carbocycles. The summed E-state index contributed by atoms with van der Waals surface area (Å²) in [6, 6.07) is 14.5. The highest BCUT2D eigenvalue weighted by Crippen LogP contribution is 2.27. The fraction of sp³-hybridized carbons (Fsp3) is 0.250. The van der Waals surface area contributed by atoms with Crippen molar-refractivity contribution in [2.24, 2.45) is 0 Å². The van der Waals surface area contributed by atoms with Crippen LogP contribution in [0.3, 0.4) is 0 Å². The van der Waals surface area contributed by atoms with E-state index in [9.17, 15) is 9.90 Å². The van der Waals surface area contributed by atoms with Gasteiger partial charge in [0.2, 0.25) is 0 Å². The molecule has 0 unspecified atom stereocenters. The lowest BCUT2D eigenvalue weighted by atomic mass is 10.0. The van der Waals surface area contributed by atoms with E-state index < -0.39 is 5.97 Å². The Hall–Kier alpha value is -2.75. The molecule has 0 spiro atoms. The third-order valence-electron chi connectivity index (χ3n) is 3.37. The monoisotopic (exact) mass is 326 g/mol. The van der Waals surface area contributed by atoms with Gasteiger partial charge in [-0.1, -0.05) is 37.3 Å². The van der Waals surface area contributed by atoms with E-state index in [4.69, 9.17) is 9.47 Å². The van der Waals surface area contributed by atoms with Crippen molar-refractivity contribution in [3.63, 3.8) is 0 Å². The second kappa shape index (κ2) is 8.77. The maximum absolute atomic E-state index is 11.7. The SMILES string of the molecule is CCCOc1ccccc1/C=C(\C(=O)O)c1cccc(OCC)c1. The lowest BCUT2D eigenvalue weighted by Crippen LogP contribution is -2.02. The van der Waals surface area contributed by atoms with E-state index >= 15 is 0 Å². The van der Waals surface area contributed by atoms with E-state index in [1.807, 2.05) is 44.2 Å².